The van der Waals surface area contributed by atoms with E-state index in [1.54, 1.807) is 0 Å². The lowest BCUT2D eigenvalue weighted by Crippen LogP contribution is -2.05. The molecule has 0 spiro atoms. The van der Waals surface area contributed by atoms with E-state index >= 15 is 0 Å². The first-order valence-corrected chi connectivity index (χ1v) is 4.94. The van der Waals surface area contributed by atoms with E-state index in [1.165, 1.54) is 5.56 Å². The van der Waals surface area contributed by atoms with Crippen molar-refractivity contribution < 1.29 is 0 Å². The molecule has 0 aliphatic rings. The second-order valence-electron chi connectivity index (χ2n) is 3.42. The minimum absolute atomic E-state index is 0.898. The molecule has 0 unspecified atom stereocenters. The molecule has 74 valence electrons. The zero-order valence-electron chi connectivity index (χ0n) is 8.62. The minimum Gasteiger partial charge on any atom is -0.316 e. The topological polar surface area (TPSA) is 29.3 Å². The summed E-state index contributed by atoms with van der Waals surface area (Å²) in [6.45, 7) is 3.02. The van der Waals surface area contributed by atoms with Crippen LogP contribution in [0.25, 0.3) is 5.65 Å². The molecule has 0 saturated carbocycles. The number of rotatable bonds is 3. The van der Waals surface area contributed by atoms with Crippen molar-refractivity contribution in [2.45, 2.75) is 19.9 Å². The molecule has 2 rings (SSSR count). The molecule has 0 fully saturated rings. The largest absolute Gasteiger partial charge is 0.316 e. The number of hydrogen-bond donors (Lipinski definition) is 1. The van der Waals surface area contributed by atoms with E-state index in [2.05, 4.69) is 46.2 Å². The van der Waals surface area contributed by atoms with Crippen LogP contribution < -0.4 is 5.32 Å². The molecule has 2 aromatic heterocycles. The van der Waals surface area contributed by atoms with E-state index in [9.17, 15) is 0 Å². The summed E-state index contributed by atoms with van der Waals surface area (Å²) >= 11 is 0. The highest BCUT2D eigenvalue weighted by atomic mass is 15.0. The maximum absolute atomic E-state index is 4.47. The smallest absolute Gasteiger partial charge is 0.136 e. The zero-order chi connectivity index (χ0) is 9.97. The van der Waals surface area contributed by atoms with Crippen molar-refractivity contribution in [2.75, 3.05) is 7.05 Å². The maximum Gasteiger partial charge on any atom is 0.136 e. The third-order valence-electron chi connectivity index (χ3n) is 2.31. The molecule has 0 aliphatic carbocycles. The summed E-state index contributed by atoms with van der Waals surface area (Å²) in [5.74, 6) is 0. The van der Waals surface area contributed by atoms with Crippen molar-refractivity contribution in [2.24, 2.45) is 0 Å². The first-order chi connectivity index (χ1) is 6.83. The van der Waals surface area contributed by atoms with Crippen LogP contribution in [0.3, 0.4) is 0 Å². The number of nitrogens with zero attached hydrogens (tertiary/aromatic N) is 2. The zero-order valence-corrected chi connectivity index (χ0v) is 8.62. The Morgan fingerprint density at radius 2 is 2.21 bits per heavy atom. The third kappa shape index (κ3) is 1.63. The van der Waals surface area contributed by atoms with Gasteiger partial charge in [0.25, 0.3) is 0 Å². The van der Waals surface area contributed by atoms with E-state index in [-0.39, 0.29) is 0 Å². The molecular formula is C11H15N3. The van der Waals surface area contributed by atoms with Crippen LogP contribution in [-0.2, 0) is 13.0 Å². The minimum atomic E-state index is 0.898. The van der Waals surface area contributed by atoms with Gasteiger partial charge in [-0.1, -0.05) is 13.0 Å². The highest BCUT2D eigenvalue weighted by molar-refractivity contribution is 5.41. The molecule has 3 nitrogen and oxygen atoms in total. The molecule has 0 saturated heterocycles. The van der Waals surface area contributed by atoms with Crippen molar-refractivity contribution in [3.63, 3.8) is 0 Å². The Labute approximate surface area is 83.8 Å². The van der Waals surface area contributed by atoms with Gasteiger partial charge >= 0.3 is 0 Å². The Balaban J connectivity index is 2.43. The molecule has 0 atom stereocenters. The number of aryl methyl sites for hydroxylation is 1. The second kappa shape index (κ2) is 3.80. The Morgan fingerprint density at radius 3 is 2.93 bits per heavy atom. The number of pyridine rings is 1. The van der Waals surface area contributed by atoms with Crippen LogP contribution in [0.1, 0.15) is 18.2 Å². The lowest BCUT2D eigenvalue weighted by molar-refractivity contribution is 0.811. The Bertz CT molecular complexity index is 431. The van der Waals surface area contributed by atoms with Crippen LogP contribution in [0.15, 0.2) is 24.5 Å². The van der Waals surface area contributed by atoms with Crippen LogP contribution in [0.2, 0.25) is 0 Å². The molecule has 0 bridgehead atoms. The Hall–Kier alpha value is -1.35. The molecular weight excluding hydrogens is 174 g/mol. The summed E-state index contributed by atoms with van der Waals surface area (Å²) in [5.41, 5.74) is 3.45. The molecule has 14 heavy (non-hydrogen) atoms. The van der Waals surface area contributed by atoms with Gasteiger partial charge in [0, 0.05) is 18.9 Å². The van der Waals surface area contributed by atoms with Gasteiger partial charge in [-0.05, 0) is 25.1 Å². The fourth-order valence-electron chi connectivity index (χ4n) is 1.57. The molecule has 1 N–H and O–H groups in total. The van der Waals surface area contributed by atoms with Gasteiger partial charge in [0.1, 0.15) is 5.65 Å². The highest BCUT2D eigenvalue weighted by Gasteiger charge is 1.99. The van der Waals surface area contributed by atoms with Gasteiger partial charge < -0.3 is 9.72 Å². The second-order valence-corrected chi connectivity index (χ2v) is 3.42. The normalized spacial score (nSPS) is 11.0. The van der Waals surface area contributed by atoms with Gasteiger partial charge in [-0.15, -0.1) is 0 Å². The SMILES string of the molecule is CCc1cn2cc(CNC)ccc2n1. The van der Waals surface area contributed by atoms with Gasteiger partial charge in [0.05, 0.1) is 5.69 Å². The predicted molar refractivity (Wildman–Crippen MR) is 57.3 cm³/mol. The van der Waals surface area contributed by atoms with Gasteiger partial charge in [-0.3, -0.25) is 0 Å². The summed E-state index contributed by atoms with van der Waals surface area (Å²) < 4.78 is 2.09. The van der Waals surface area contributed by atoms with E-state index in [1.807, 2.05) is 7.05 Å². The number of fused-ring (bicyclic) bond motifs is 1. The van der Waals surface area contributed by atoms with Crippen LogP contribution in [0.5, 0.6) is 0 Å². The van der Waals surface area contributed by atoms with Gasteiger partial charge in [-0.2, -0.15) is 0 Å². The summed E-state index contributed by atoms with van der Waals surface area (Å²) in [6, 6.07) is 4.17. The third-order valence-corrected chi connectivity index (χ3v) is 2.31. The van der Waals surface area contributed by atoms with Gasteiger partial charge in [0.2, 0.25) is 0 Å². The van der Waals surface area contributed by atoms with Crippen molar-refractivity contribution in [3.8, 4) is 0 Å². The number of hydrogen-bond acceptors (Lipinski definition) is 2. The quantitative estimate of drug-likeness (QED) is 0.795. The van der Waals surface area contributed by atoms with Crippen molar-refractivity contribution in [3.05, 3.63) is 35.8 Å². The molecule has 0 radical (unpaired) electrons. The van der Waals surface area contributed by atoms with E-state index in [0.29, 0.717) is 0 Å². The van der Waals surface area contributed by atoms with Crippen molar-refractivity contribution in [1.82, 2.24) is 14.7 Å². The number of nitrogens with one attached hydrogen (secondary N) is 1. The Morgan fingerprint density at radius 1 is 1.36 bits per heavy atom. The van der Waals surface area contributed by atoms with Crippen LogP contribution in [-0.4, -0.2) is 16.4 Å². The standard InChI is InChI=1S/C11H15N3/c1-3-10-8-14-7-9(6-12-2)4-5-11(14)13-10/h4-5,7-8,12H,3,6H2,1-2H3. The monoisotopic (exact) mass is 189 g/mol. The van der Waals surface area contributed by atoms with Gasteiger partial charge in [0.15, 0.2) is 0 Å². The van der Waals surface area contributed by atoms with E-state index < -0.39 is 0 Å². The van der Waals surface area contributed by atoms with Crippen LogP contribution >= 0.6 is 0 Å². The highest BCUT2D eigenvalue weighted by Crippen LogP contribution is 2.08. The number of imidazole rings is 1. The summed E-state index contributed by atoms with van der Waals surface area (Å²) in [7, 11) is 1.95. The van der Waals surface area contributed by atoms with E-state index in [4.69, 9.17) is 0 Å². The lowest BCUT2D eigenvalue weighted by Gasteiger charge is -2.00. The fraction of sp³-hybridized carbons (Fsp3) is 0.364. The predicted octanol–water partition coefficient (Wildman–Crippen LogP) is 1.62. The molecule has 0 aromatic carbocycles. The summed E-state index contributed by atoms with van der Waals surface area (Å²) in [4.78, 5) is 4.47. The number of aromatic nitrogens is 2. The average Bonchev–Trinajstić information content (AvgIpc) is 2.60. The van der Waals surface area contributed by atoms with E-state index in [0.717, 1.165) is 24.3 Å². The van der Waals surface area contributed by atoms with Crippen molar-refractivity contribution in [1.29, 1.82) is 0 Å². The first-order valence-electron chi connectivity index (χ1n) is 4.94. The van der Waals surface area contributed by atoms with Crippen molar-refractivity contribution >= 4 is 5.65 Å². The fourth-order valence-corrected chi connectivity index (χ4v) is 1.57. The maximum atomic E-state index is 4.47. The molecule has 2 aromatic rings. The first kappa shape index (κ1) is 9.21. The summed E-state index contributed by atoms with van der Waals surface area (Å²) in [6.07, 6.45) is 5.20. The van der Waals surface area contributed by atoms with Gasteiger partial charge in [-0.25, -0.2) is 4.98 Å². The Kier molecular flexibility index (Phi) is 2.50. The van der Waals surface area contributed by atoms with Crippen LogP contribution in [0, 0.1) is 0 Å². The molecule has 2 heterocycles. The molecule has 3 heteroatoms. The molecule has 0 amide bonds. The lowest BCUT2D eigenvalue weighted by atomic mass is 10.3. The average molecular weight is 189 g/mol. The summed E-state index contributed by atoms with van der Waals surface area (Å²) in [5, 5.41) is 3.14. The molecule has 0 aliphatic heterocycles. The van der Waals surface area contributed by atoms with Crippen LogP contribution in [0.4, 0.5) is 0 Å².